The van der Waals surface area contributed by atoms with E-state index in [0.717, 1.165) is 23.4 Å². The Kier molecular flexibility index (Phi) is 4.36. The number of ether oxygens (including phenoxy) is 2. The minimum Gasteiger partial charge on any atom is -0.493 e. The van der Waals surface area contributed by atoms with Crippen LogP contribution < -0.4 is 9.47 Å². The molecule has 1 aliphatic rings. The summed E-state index contributed by atoms with van der Waals surface area (Å²) < 4.78 is 10.9. The van der Waals surface area contributed by atoms with Gasteiger partial charge in [0, 0.05) is 5.38 Å². The summed E-state index contributed by atoms with van der Waals surface area (Å²) >= 11 is 1.40. The first-order valence-electron chi connectivity index (χ1n) is 8.56. The second kappa shape index (κ2) is 6.70. The highest BCUT2D eigenvalue weighted by atomic mass is 32.1. The van der Waals surface area contributed by atoms with Crippen molar-refractivity contribution in [1.29, 1.82) is 0 Å². The number of nitrogens with zero attached hydrogens (tertiary/aromatic N) is 1. The van der Waals surface area contributed by atoms with Gasteiger partial charge in [-0.1, -0.05) is 30.3 Å². The van der Waals surface area contributed by atoms with Gasteiger partial charge >= 0.3 is 5.97 Å². The van der Waals surface area contributed by atoms with Crippen molar-refractivity contribution in [2.75, 3.05) is 14.2 Å². The molecular weight excluding hydrogens is 362 g/mol. The number of thiazole rings is 1. The predicted molar refractivity (Wildman–Crippen MR) is 103 cm³/mol. The maximum Gasteiger partial charge on any atom is 0.355 e. The Hall–Kier alpha value is -2.86. The third-order valence-electron chi connectivity index (χ3n) is 5.17. The van der Waals surface area contributed by atoms with E-state index >= 15 is 0 Å². The van der Waals surface area contributed by atoms with Crippen molar-refractivity contribution in [2.45, 2.75) is 18.3 Å². The van der Waals surface area contributed by atoms with Crippen molar-refractivity contribution < 1.29 is 19.4 Å². The number of benzene rings is 2. The largest absolute Gasteiger partial charge is 0.493 e. The second-order valence-electron chi connectivity index (χ2n) is 6.62. The van der Waals surface area contributed by atoms with Crippen LogP contribution in [0, 0.1) is 0 Å². The molecule has 1 N–H and O–H groups in total. The molecule has 0 atom stereocenters. The Balaban J connectivity index is 1.89. The number of aromatic nitrogens is 1. The van der Waals surface area contributed by atoms with E-state index in [2.05, 4.69) is 17.1 Å². The molecule has 1 aromatic heterocycles. The number of rotatable bonds is 5. The molecule has 1 aliphatic carbocycles. The van der Waals surface area contributed by atoms with Crippen molar-refractivity contribution >= 4 is 17.3 Å². The summed E-state index contributed by atoms with van der Waals surface area (Å²) in [5, 5.41) is 11.8. The van der Waals surface area contributed by atoms with E-state index < -0.39 is 11.4 Å². The van der Waals surface area contributed by atoms with Crippen molar-refractivity contribution in [2.24, 2.45) is 0 Å². The Morgan fingerprint density at radius 2 is 1.74 bits per heavy atom. The van der Waals surface area contributed by atoms with Gasteiger partial charge in [0.25, 0.3) is 0 Å². The predicted octanol–water partition coefficient (Wildman–Crippen LogP) is 3.94. The van der Waals surface area contributed by atoms with E-state index in [0.29, 0.717) is 11.5 Å². The number of hydrogen-bond acceptors (Lipinski definition) is 5. The number of fused-ring (bicyclic) bond motifs is 1. The minimum absolute atomic E-state index is 0.0887. The van der Waals surface area contributed by atoms with Gasteiger partial charge in [-0.3, -0.25) is 0 Å². The molecule has 0 spiro atoms. The number of carboxylic acids is 1. The maximum atomic E-state index is 11.4. The molecule has 0 radical (unpaired) electrons. The van der Waals surface area contributed by atoms with Gasteiger partial charge in [0.2, 0.25) is 0 Å². The van der Waals surface area contributed by atoms with E-state index in [1.807, 2.05) is 30.3 Å². The Labute approximate surface area is 161 Å². The molecule has 6 heteroatoms. The van der Waals surface area contributed by atoms with E-state index in [-0.39, 0.29) is 5.69 Å². The third kappa shape index (κ3) is 2.86. The van der Waals surface area contributed by atoms with Crippen molar-refractivity contribution in [3.05, 3.63) is 75.2 Å². The summed E-state index contributed by atoms with van der Waals surface area (Å²) in [5.74, 6) is 0.313. The number of aromatic carboxylic acids is 1. The van der Waals surface area contributed by atoms with E-state index in [1.54, 1.807) is 19.6 Å². The highest BCUT2D eigenvalue weighted by Gasteiger charge is 2.43. The first-order chi connectivity index (χ1) is 13.1. The minimum atomic E-state index is -1.00. The summed E-state index contributed by atoms with van der Waals surface area (Å²) in [4.78, 5) is 15.8. The molecule has 3 aromatic rings. The lowest BCUT2D eigenvalue weighted by molar-refractivity contribution is 0.0691. The Bertz CT molecular complexity index is 986. The SMILES string of the molecule is COc1ccc(C2(c3nc(C(=O)O)cs3)Cc3ccccc3C2)cc1OC. The maximum absolute atomic E-state index is 11.4. The summed E-state index contributed by atoms with van der Waals surface area (Å²) in [6.45, 7) is 0. The first-order valence-corrected chi connectivity index (χ1v) is 9.44. The molecule has 0 amide bonds. The normalized spacial score (nSPS) is 14.6. The lowest BCUT2D eigenvalue weighted by Crippen LogP contribution is -2.28. The molecule has 5 nitrogen and oxygen atoms in total. The second-order valence-corrected chi connectivity index (χ2v) is 7.48. The van der Waals surface area contributed by atoms with Gasteiger partial charge in [0.15, 0.2) is 17.2 Å². The van der Waals surface area contributed by atoms with Gasteiger partial charge in [-0.25, -0.2) is 9.78 Å². The van der Waals surface area contributed by atoms with Gasteiger partial charge in [0.1, 0.15) is 5.01 Å². The molecular formula is C21H19NO4S. The number of methoxy groups -OCH3 is 2. The summed E-state index contributed by atoms with van der Waals surface area (Å²) in [6.07, 6.45) is 1.54. The van der Waals surface area contributed by atoms with Crippen LogP contribution in [0.15, 0.2) is 47.8 Å². The fraction of sp³-hybridized carbons (Fsp3) is 0.238. The van der Waals surface area contributed by atoms with Crippen LogP contribution in [0.4, 0.5) is 0 Å². The zero-order valence-corrected chi connectivity index (χ0v) is 15.9. The summed E-state index contributed by atoms with van der Waals surface area (Å²) in [7, 11) is 3.22. The van der Waals surface area contributed by atoms with Crippen molar-refractivity contribution in [1.82, 2.24) is 4.98 Å². The highest BCUT2D eigenvalue weighted by molar-refractivity contribution is 7.10. The first kappa shape index (κ1) is 17.5. The van der Waals surface area contributed by atoms with E-state index in [1.165, 1.54) is 22.5 Å². The average Bonchev–Trinajstić information content (AvgIpc) is 3.33. The van der Waals surface area contributed by atoms with Gasteiger partial charge in [-0.05, 0) is 41.7 Å². The van der Waals surface area contributed by atoms with Crippen LogP contribution in [-0.2, 0) is 18.3 Å². The van der Waals surface area contributed by atoms with Gasteiger partial charge in [-0.15, -0.1) is 11.3 Å². The Morgan fingerprint density at radius 1 is 1.07 bits per heavy atom. The van der Waals surface area contributed by atoms with Crippen LogP contribution in [0.3, 0.4) is 0 Å². The van der Waals surface area contributed by atoms with Crippen LogP contribution in [-0.4, -0.2) is 30.3 Å². The topological polar surface area (TPSA) is 68.7 Å². The quantitative estimate of drug-likeness (QED) is 0.725. The number of carboxylic acid groups (broad SMARTS) is 1. The van der Waals surface area contributed by atoms with Crippen LogP contribution in [0.25, 0.3) is 0 Å². The monoisotopic (exact) mass is 381 g/mol. The molecule has 4 rings (SSSR count). The highest BCUT2D eigenvalue weighted by Crippen LogP contribution is 2.47. The molecule has 138 valence electrons. The van der Waals surface area contributed by atoms with Crippen molar-refractivity contribution in [3.63, 3.8) is 0 Å². The molecule has 0 unspecified atom stereocenters. The molecule has 0 aliphatic heterocycles. The van der Waals surface area contributed by atoms with Gasteiger partial charge < -0.3 is 14.6 Å². The van der Waals surface area contributed by atoms with Crippen LogP contribution in [0.1, 0.15) is 32.2 Å². The number of carbonyl (C=O) groups is 1. The molecule has 1 heterocycles. The van der Waals surface area contributed by atoms with Crippen LogP contribution in [0.2, 0.25) is 0 Å². The number of hydrogen-bond donors (Lipinski definition) is 1. The van der Waals surface area contributed by atoms with Gasteiger partial charge in [-0.2, -0.15) is 0 Å². The molecule has 0 saturated carbocycles. The smallest absolute Gasteiger partial charge is 0.355 e. The van der Waals surface area contributed by atoms with E-state index in [9.17, 15) is 9.90 Å². The van der Waals surface area contributed by atoms with Crippen LogP contribution in [0.5, 0.6) is 11.5 Å². The zero-order chi connectivity index (χ0) is 19.0. The van der Waals surface area contributed by atoms with E-state index in [4.69, 9.17) is 9.47 Å². The van der Waals surface area contributed by atoms with Crippen molar-refractivity contribution in [3.8, 4) is 11.5 Å². The lowest BCUT2D eigenvalue weighted by Gasteiger charge is -2.28. The molecule has 0 bridgehead atoms. The summed E-state index contributed by atoms with van der Waals surface area (Å²) in [6, 6.07) is 14.2. The third-order valence-corrected chi connectivity index (χ3v) is 6.22. The lowest BCUT2D eigenvalue weighted by atomic mass is 9.78. The Morgan fingerprint density at radius 3 is 2.30 bits per heavy atom. The standard InChI is InChI=1S/C21H19NO4S/c1-25-17-8-7-15(9-18(17)26-2)21(20-22-16(12-27-20)19(23)24)10-13-5-3-4-6-14(13)11-21/h3-9,12H,10-11H2,1-2H3,(H,23,24). The fourth-order valence-electron chi connectivity index (χ4n) is 3.82. The molecule has 0 saturated heterocycles. The zero-order valence-electron chi connectivity index (χ0n) is 15.1. The molecule has 27 heavy (non-hydrogen) atoms. The summed E-state index contributed by atoms with van der Waals surface area (Å²) in [5.41, 5.74) is 3.24. The van der Waals surface area contributed by atoms with Crippen LogP contribution >= 0.6 is 11.3 Å². The molecule has 0 fully saturated rings. The fourth-order valence-corrected chi connectivity index (χ4v) is 4.84. The molecule has 2 aromatic carbocycles. The van der Waals surface area contributed by atoms with Gasteiger partial charge in [0.05, 0.1) is 19.6 Å². The average molecular weight is 381 g/mol.